The minimum atomic E-state index is -0.116. The van der Waals surface area contributed by atoms with Crippen LogP contribution >= 0.6 is 23.2 Å². The molecule has 1 amide bonds. The Hall–Kier alpha value is -0.770. The molecule has 1 aromatic carbocycles. The molecule has 0 bridgehead atoms. The van der Waals surface area contributed by atoms with Crippen molar-refractivity contribution in [3.63, 3.8) is 0 Å². The van der Waals surface area contributed by atoms with Gasteiger partial charge in [0, 0.05) is 22.7 Å². The van der Waals surface area contributed by atoms with Crippen LogP contribution in [0.2, 0.25) is 10.0 Å². The first kappa shape index (κ1) is 14.3. The summed E-state index contributed by atoms with van der Waals surface area (Å²) in [6.07, 6.45) is 0.756. The summed E-state index contributed by atoms with van der Waals surface area (Å²) < 4.78 is 0. The summed E-state index contributed by atoms with van der Waals surface area (Å²) in [5, 5.41) is 12.5. The van der Waals surface area contributed by atoms with Crippen LogP contribution in [0.1, 0.15) is 18.9 Å². The highest BCUT2D eigenvalue weighted by Gasteiger charge is 2.10. The zero-order valence-corrected chi connectivity index (χ0v) is 11.1. The van der Waals surface area contributed by atoms with E-state index in [9.17, 15) is 4.79 Å². The molecule has 0 saturated carbocycles. The Bertz CT molecular complexity index is 396. The molecule has 0 spiro atoms. The van der Waals surface area contributed by atoms with Crippen LogP contribution in [0.3, 0.4) is 0 Å². The number of amides is 1. The Balaban J connectivity index is 2.56. The number of nitrogens with one attached hydrogen (secondary N) is 1. The maximum atomic E-state index is 11.7. The molecule has 0 aliphatic carbocycles. The predicted octanol–water partition coefficient (Wildman–Crippen LogP) is 2.42. The van der Waals surface area contributed by atoms with Crippen molar-refractivity contribution in [1.29, 1.82) is 0 Å². The fraction of sp³-hybridized carbons (Fsp3) is 0.417. The Morgan fingerprint density at radius 3 is 2.76 bits per heavy atom. The van der Waals surface area contributed by atoms with E-state index in [-0.39, 0.29) is 25.0 Å². The molecule has 0 heterocycles. The van der Waals surface area contributed by atoms with Crippen molar-refractivity contribution in [1.82, 2.24) is 5.32 Å². The van der Waals surface area contributed by atoms with Gasteiger partial charge in [-0.2, -0.15) is 0 Å². The third kappa shape index (κ3) is 4.94. The molecule has 1 rings (SSSR count). The van der Waals surface area contributed by atoms with Crippen LogP contribution in [0, 0.1) is 0 Å². The number of carbonyl (C=O) groups is 1. The first-order valence-corrected chi connectivity index (χ1v) is 6.12. The lowest BCUT2D eigenvalue weighted by molar-refractivity contribution is -0.121. The van der Waals surface area contributed by atoms with E-state index in [0.717, 1.165) is 5.56 Å². The zero-order chi connectivity index (χ0) is 12.8. The zero-order valence-electron chi connectivity index (χ0n) is 9.54. The van der Waals surface area contributed by atoms with Crippen LogP contribution in [0.5, 0.6) is 0 Å². The van der Waals surface area contributed by atoms with E-state index in [1.54, 1.807) is 18.2 Å². The maximum absolute atomic E-state index is 11.7. The highest BCUT2D eigenvalue weighted by atomic mass is 35.5. The van der Waals surface area contributed by atoms with E-state index in [4.69, 9.17) is 28.3 Å². The normalized spacial score (nSPS) is 12.2. The molecular weight excluding hydrogens is 261 g/mol. The molecule has 0 aromatic heterocycles. The highest BCUT2D eigenvalue weighted by Crippen LogP contribution is 2.21. The summed E-state index contributed by atoms with van der Waals surface area (Å²) in [4.78, 5) is 11.7. The van der Waals surface area contributed by atoms with Gasteiger partial charge >= 0.3 is 0 Å². The maximum Gasteiger partial charge on any atom is 0.224 e. The third-order valence-corrected chi connectivity index (χ3v) is 2.92. The van der Waals surface area contributed by atoms with Crippen LogP contribution < -0.4 is 5.32 Å². The van der Waals surface area contributed by atoms with Gasteiger partial charge in [-0.3, -0.25) is 4.79 Å². The summed E-state index contributed by atoms with van der Waals surface area (Å²) in [7, 11) is 0. The van der Waals surface area contributed by atoms with Crippen molar-refractivity contribution in [3.8, 4) is 0 Å². The molecular formula is C12H15Cl2NO2. The fourth-order valence-corrected chi connectivity index (χ4v) is 1.91. The molecule has 0 aliphatic rings. The SMILES string of the molecule is C[C@@H](CCO)NC(=O)Cc1ccc(Cl)cc1Cl. The number of rotatable bonds is 5. The minimum absolute atomic E-state index is 0.0430. The second kappa shape index (κ2) is 6.84. The largest absolute Gasteiger partial charge is 0.396 e. The Labute approximate surface area is 111 Å². The van der Waals surface area contributed by atoms with Crippen LogP contribution in [0.4, 0.5) is 0 Å². The van der Waals surface area contributed by atoms with Crippen LogP contribution in [-0.2, 0) is 11.2 Å². The molecule has 0 aliphatic heterocycles. The van der Waals surface area contributed by atoms with Gasteiger partial charge in [0.15, 0.2) is 0 Å². The lowest BCUT2D eigenvalue weighted by atomic mass is 10.1. The van der Waals surface area contributed by atoms with Crippen molar-refractivity contribution in [2.45, 2.75) is 25.8 Å². The summed E-state index contributed by atoms with van der Waals surface area (Å²) in [6, 6.07) is 5.01. The molecule has 2 N–H and O–H groups in total. The van der Waals surface area contributed by atoms with Gasteiger partial charge in [-0.1, -0.05) is 29.3 Å². The molecule has 5 heteroatoms. The first-order valence-electron chi connectivity index (χ1n) is 5.37. The molecule has 1 atom stereocenters. The second-order valence-corrected chi connectivity index (χ2v) is 4.74. The standard InChI is InChI=1S/C12H15Cl2NO2/c1-8(4-5-16)15-12(17)6-9-2-3-10(13)7-11(9)14/h2-3,7-8,16H,4-6H2,1H3,(H,15,17)/t8-/m0/s1. The van der Waals surface area contributed by atoms with E-state index in [2.05, 4.69) is 5.32 Å². The van der Waals surface area contributed by atoms with Gasteiger partial charge in [0.05, 0.1) is 6.42 Å². The van der Waals surface area contributed by atoms with E-state index in [1.165, 1.54) is 0 Å². The summed E-state index contributed by atoms with van der Waals surface area (Å²) in [6.45, 7) is 1.90. The van der Waals surface area contributed by atoms with Crippen LogP contribution in [-0.4, -0.2) is 23.7 Å². The van der Waals surface area contributed by atoms with E-state index in [1.807, 2.05) is 6.92 Å². The second-order valence-electron chi connectivity index (χ2n) is 3.89. The quantitative estimate of drug-likeness (QED) is 0.867. The van der Waals surface area contributed by atoms with E-state index >= 15 is 0 Å². The Morgan fingerprint density at radius 2 is 2.18 bits per heavy atom. The highest BCUT2D eigenvalue weighted by molar-refractivity contribution is 6.35. The number of benzene rings is 1. The average Bonchev–Trinajstić information content (AvgIpc) is 2.22. The lowest BCUT2D eigenvalue weighted by Gasteiger charge is -2.12. The topological polar surface area (TPSA) is 49.3 Å². The monoisotopic (exact) mass is 275 g/mol. The van der Waals surface area contributed by atoms with Gasteiger partial charge in [0.1, 0.15) is 0 Å². The summed E-state index contributed by atoms with van der Waals surface area (Å²) in [5.41, 5.74) is 0.741. The van der Waals surface area contributed by atoms with Crippen molar-refractivity contribution in [3.05, 3.63) is 33.8 Å². The van der Waals surface area contributed by atoms with Gasteiger partial charge in [-0.25, -0.2) is 0 Å². The Morgan fingerprint density at radius 1 is 1.47 bits per heavy atom. The summed E-state index contributed by atoms with van der Waals surface area (Å²) >= 11 is 11.7. The molecule has 1 aromatic rings. The molecule has 0 radical (unpaired) electrons. The predicted molar refractivity (Wildman–Crippen MR) is 69.5 cm³/mol. The van der Waals surface area contributed by atoms with Gasteiger partial charge in [0.2, 0.25) is 5.91 Å². The molecule has 0 fully saturated rings. The van der Waals surface area contributed by atoms with Gasteiger partial charge in [-0.05, 0) is 31.0 Å². The average molecular weight is 276 g/mol. The van der Waals surface area contributed by atoms with Gasteiger partial charge in [-0.15, -0.1) is 0 Å². The number of halogens is 2. The number of carbonyl (C=O) groups excluding carboxylic acids is 1. The number of aliphatic hydroxyl groups excluding tert-OH is 1. The third-order valence-electron chi connectivity index (χ3n) is 2.34. The molecule has 94 valence electrons. The van der Waals surface area contributed by atoms with Crippen molar-refractivity contribution < 1.29 is 9.90 Å². The fourth-order valence-electron chi connectivity index (χ4n) is 1.43. The minimum Gasteiger partial charge on any atom is -0.396 e. The molecule has 0 saturated heterocycles. The first-order chi connectivity index (χ1) is 8.02. The van der Waals surface area contributed by atoms with Crippen molar-refractivity contribution >= 4 is 29.1 Å². The molecule has 17 heavy (non-hydrogen) atoms. The van der Waals surface area contributed by atoms with Crippen molar-refractivity contribution in [2.75, 3.05) is 6.61 Å². The van der Waals surface area contributed by atoms with E-state index in [0.29, 0.717) is 16.5 Å². The Kier molecular flexibility index (Phi) is 5.75. The van der Waals surface area contributed by atoms with E-state index < -0.39 is 0 Å². The smallest absolute Gasteiger partial charge is 0.224 e. The van der Waals surface area contributed by atoms with Gasteiger partial charge < -0.3 is 10.4 Å². The summed E-state index contributed by atoms with van der Waals surface area (Å²) in [5.74, 6) is -0.116. The number of hydrogen-bond donors (Lipinski definition) is 2. The molecule has 3 nitrogen and oxygen atoms in total. The number of aliphatic hydroxyl groups is 1. The lowest BCUT2D eigenvalue weighted by Crippen LogP contribution is -2.34. The number of hydrogen-bond acceptors (Lipinski definition) is 2. The van der Waals surface area contributed by atoms with Gasteiger partial charge in [0.25, 0.3) is 0 Å². The van der Waals surface area contributed by atoms with Crippen LogP contribution in [0.15, 0.2) is 18.2 Å². The van der Waals surface area contributed by atoms with Crippen LogP contribution in [0.25, 0.3) is 0 Å². The molecule has 0 unspecified atom stereocenters. The van der Waals surface area contributed by atoms with Crippen molar-refractivity contribution in [2.24, 2.45) is 0 Å².